The first kappa shape index (κ1) is 13.6. The molecule has 1 heterocycles. The Morgan fingerprint density at radius 2 is 2.16 bits per heavy atom. The van der Waals surface area contributed by atoms with Crippen LogP contribution in [-0.4, -0.2) is 6.04 Å². The number of thiophene rings is 1. The molecule has 0 amide bonds. The van der Waals surface area contributed by atoms with E-state index in [-0.39, 0.29) is 0 Å². The average Bonchev–Trinajstić information content (AvgIpc) is 2.84. The normalized spacial score (nSPS) is 36.0. The summed E-state index contributed by atoms with van der Waals surface area (Å²) >= 11 is 1.91. The second-order valence-corrected chi connectivity index (χ2v) is 8.17. The van der Waals surface area contributed by atoms with E-state index in [1.54, 1.807) is 4.88 Å². The molecule has 0 spiro atoms. The van der Waals surface area contributed by atoms with Gasteiger partial charge in [0.1, 0.15) is 0 Å². The summed E-state index contributed by atoms with van der Waals surface area (Å²) in [4.78, 5) is 1.55. The van der Waals surface area contributed by atoms with Crippen molar-refractivity contribution >= 4 is 11.3 Å². The third kappa shape index (κ3) is 2.17. The molecule has 4 atom stereocenters. The predicted molar refractivity (Wildman–Crippen MR) is 83.5 cm³/mol. The van der Waals surface area contributed by atoms with Gasteiger partial charge in [-0.25, -0.2) is 0 Å². The summed E-state index contributed by atoms with van der Waals surface area (Å²) in [6.07, 6.45) is 4.03. The van der Waals surface area contributed by atoms with Crippen molar-refractivity contribution in [2.45, 2.75) is 59.5 Å². The van der Waals surface area contributed by atoms with E-state index >= 15 is 0 Å². The standard InChI is InChI=1S/C17H27NS/c1-5-12-6-7-19-16(12)10-18-15-9-13-8-14(11(15)2)17(13,3)4/h6-7,11,13-15,18H,5,8-10H2,1-4H3. The number of nitrogens with one attached hydrogen (secondary N) is 1. The van der Waals surface area contributed by atoms with Gasteiger partial charge in [0.2, 0.25) is 0 Å². The molecule has 106 valence electrons. The van der Waals surface area contributed by atoms with Crippen LogP contribution in [-0.2, 0) is 13.0 Å². The summed E-state index contributed by atoms with van der Waals surface area (Å²) in [5, 5.41) is 6.09. The van der Waals surface area contributed by atoms with Gasteiger partial charge in [0.15, 0.2) is 0 Å². The summed E-state index contributed by atoms with van der Waals surface area (Å²) in [6, 6.07) is 3.02. The highest BCUT2D eigenvalue weighted by atomic mass is 32.1. The van der Waals surface area contributed by atoms with Gasteiger partial charge >= 0.3 is 0 Å². The van der Waals surface area contributed by atoms with Crippen molar-refractivity contribution in [3.63, 3.8) is 0 Å². The van der Waals surface area contributed by atoms with Crippen molar-refractivity contribution in [2.24, 2.45) is 23.2 Å². The fraction of sp³-hybridized carbons (Fsp3) is 0.765. The van der Waals surface area contributed by atoms with E-state index in [1.165, 1.54) is 24.8 Å². The smallest absolute Gasteiger partial charge is 0.0305 e. The van der Waals surface area contributed by atoms with Crippen molar-refractivity contribution < 1.29 is 0 Å². The zero-order chi connectivity index (χ0) is 13.6. The van der Waals surface area contributed by atoms with Crippen molar-refractivity contribution in [3.8, 4) is 0 Å². The van der Waals surface area contributed by atoms with Crippen LogP contribution >= 0.6 is 11.3 Å². The average molecular weight is 277 g/mol. The van der Waals surface area contributed by atoms with Crippen LogP contribution < -0.4 is 5.32 Å². The molecular formula is C17H27NS. The maximum atomic E-state index is 3.86. The molecule has 19 heavy (non-hydrogen) atoms. The van der Waals surface area contributed by atoms with E-state index in [0.29, 0.717) is 5.41 Å². The van der Waals surface area contributed by atoms with Crippen LogP contribution in [0.25, 0.3) is 0 Å². The van der Waals surface area contributed by atoms with Crippen LogP contribution in [0.1, 0.15) is 51.0 Å². The highest BCUT2D eigenvalue weighted by Crippen LogP contribution is 2.61. The van der Waals surface area contributed by atoms with Crippen LogP contribution in [0.2, 0.25) is 0 Å². The Morgan fingerprint density at radius 3 is 2.79 bits per heavy atom. The molecule has 3 fully saturated rings. The Kier molecular flexibility index (Phi) is 3.51. The van der Waals surface area contributed by atoms with Crippen molar-refractivity contribution in [1.29, 1.82) is 0 Å². The third-order valence-electron chi connectivity index (χ3n) is 6.10. The molecule has 1 nitrogen and oxygen atoms in total. The van der Waals surface area contributed by atoms with E-state index < -0.39 is 0 Å². The first-order valence-corrected chi connectivity index (χ1v) is 8.70. The molecule has 1 aromatic heterocycles. The first-order valence-electron chi connectivity index (χ1n) is 7.82. The number of rotatable bonds is 4. The highest BCUT2D eigenvalue weighted by Gasteiger charge is 2.55. The molecule has 4 rings (SSSR count). The van der Waals surface area contributed by atoms with Crippen LogP contribution in [0, 0.1) is 23.2 Å². The van der Waals surface area contributed by atoms with Crippen LogP contribution in [0.15, 0.2) is 11.4 Å². The van der Waals surface area contributed by atoms with E-state index in [2.05, 4.69) is 44.5 Å². The number of aryl methyl sites for hydroxylation is 1. The van der Waals surface area contributed by atoms with Gasteiger partial charge < -0.3 is 5.32 Å². The van der Waals surface area contributed by atoms with E-state index in [1.807, 2.05) is 11.3 Å². The Bertz CT molecular complexity index is 448. The van der Waals surface area contributed by atoms with Crippen molar-refractivity contribution in [2.75, 3.05) is 0 Å². The molecule has 3 aliphatic rings. The quantitative estimate of drug-likeness (QED) is 0.856. The van der Waals surface area contributed by atoms with Crippen LogP contribution in [0.5, 0.6) is 0 Å². The minimum atomic E-state index is 0.606. The van der Waals surface area contributed by atoms with E-state index in [0.717, 1.165) is 30.3 Å². The number of hydrogen-bond acceptors (Lipinski definition) is 2. The lowest BCUT2D eigenvalue weighted by molar-refractivity contribution is -0.115. The van der Waals surface area contributed by atoms with Gasteiger partial charge in [-0.15, -0.1) is 11.3 Å². The van der Waals surface area contributed by atoms with E-state index in [9.17, 15) is 0 Å². The van der Waals surface area contributed by atoms with Gasteiger partial charge in [0.05, 0.1) is 0 Å². The zero-order valence-electron chi connectivity index (χ0n) is 12.7. The van der Waals surface area contributed by atoms with Gasteiger partial charge in [-0.05, 0) is 59.4 Å². The lowest BCUT2D eigenvalue weighted by Gasteiger charge is -2.62. The molecule has 2 bridgehead atoms. The molecule has 0 aromatic carbocycles. The van der Waals surface area contributed by atoms with Gasteiger partial charge in [-0.2, -0.15) is 0 Å². The summed E-state index contributed by atoms with van der Waals surface area (Å²) in [7, 11) is 0. The SMILES string of the molecule is CCc1ccsc1CNC1CC2CC(C1C)C2(C)C. The minimum Gasteiger partial charge on any atom is -0.309 e. The first-order chi connectivity index (χ1) is 9.04. The summed E-state index contributed by atoms with van der Waals surface area (Å²) in [5.41, 5.74) is 2.14. The van der Waals surface area contributed by atoms with Gasteiger partial charge in [-0.1, -0.05) is 27.7 Å². The van der Waals surface area contributed by atoms with E-state index in [4.69, 9.17) is 0 Å². The topological polar surface area (TPSA) is 12.0 Å². The number of hydrogen-bond donors (Lipinski definition) is 1. The lowest BCUT2D eigenvalue weighted by atomic mass is 9.45. The Labute approximate surface area is 121 Å². The molecule has 0 aliphatic heterocycles. The van der Waals surface area contributed by atoms with Gasteiger partial charge in [0.25, 0.3) is 0 Å². The second kappa shape index (κ2) is 4.89. The molecule has 3 aliphatic carbocycles. The lowest BCUT2D eigenvalue weighted by Crippen LogP contribution is -2.59. The maximum Gasteiger partial charge on any atom is 0.0305 e. The molecule has 0 radical (unpaired) electrons. The Morgan fingerprint density at radius 1 is 1.37 bits per heavy atom. The molecule has 1 N–H and O–H groups in total. The third-order valence-corrected chi connectivity index (χ3v) is 7.06. The Hall–Kier alpha value is -0.340. The molecule has 3 saturated carbocycles. The summed E-state index contributed by atoms with van der Waals surface area (Å²) in [6.45, 7) is 10.8. The Balaban J connectivity index is 1.60. The molecule has 0 saturated heterocycles. The second-order valence-electron chi connectivity index (χ2n) is 7.17. The maximum absolute atomic E-state index is 3.86. The predicted octanol–water partition coefficient (Wildman–Crippen LogP) is 4.47. The van der Waals surface area contributed by atoms with Crippen LogP contribution in [0.4, 0.5) is 0 Å². The van der Waals surface area contributed by atoms with Gasteiger partial charge in [-0.3, -0.25) is 0 Å². The molecule has 1 aromatic rings. The van der Waals surface area contributed by atoms with Gasteiger partial charge in [0, 0.05) is 17.5 Å². The number of fused-ring (bicyclic) bond motifs is 2. The fourth-order valence-corrected chi connectivity index (χ4v) is 5.41. The minimum absolute atomic E-state index is 0.606. The van der Waals surface area contributed by atoms with Crippen molar-refractivity contribution in [1.82, 2.24) is 5.32 Å². The largest absolute Gasteiger partial charge is 0.309 e. The van der Waals surface area contributed by atoms with Crippen molar-refractivity contribution in [3.05, 3.63) is 21.9 Å². The van der Waals surface area contributed by atoms with Crippen LogP contribution in [0.3, 0.4) is 0 Å². The summed E-state index contributed by atoms with van der Waals surface area (Å²) in [5.74, 6) is 2.74. The molecular weight excluding hydrogens is 250 g/mol. The summed E-state index contributed by atoms with van der Waals surface area (Å²) < 4.78 is 0. The molecule has 2 heteroatoms. The highest BCUT2D eigenvalue weighted by molar-refractivity contribution is 7.10. The fourth-order valence-electron chi connectivity index (χ4n) is 4.48. The zero-order valence-corrected chi connectivity index (χ0v) is 13.5. The monoisotopic (exact) mass is 277 g/mol. The molecule has 4 unspecified atom stereocenters.